The minimum absolute atomic E-state index is 0.215. The molecule has 0 saturated carbocycles. The van der Waals surface area contributed by atoms with E-state index in [-0.39, 0.29) is 6.61 Å². The van der Waals surface area contributed by atoms with Gasteiger partial charge in [0.2, 0.25) is 0 Å². The molecule has 6 nitrogen and oxygen atoms in total. The first kappa shape index (κ1) is 19.0. The molecule has 128 valence electrons. The molecule has 0 spiro atoms. The molecule has 0 aliphatic rings. The van der Waals surface area contributed by atoms with E-state index in [2.05, 4.69) is 6.58 Å². The minimum Gasteiger partial charge on any atom is -0.497 e. The van der Waals surface area contributed by atoms with Crippen LogP contribution in [0.5, 0.6) is 5.75 Å². The van der Waals surface area contributed by atoms with Crippen LogP contribution in [0.3, 0.4) is 0 Å². The van der Waals surface area contributed by atoms with Crippen molar-refractivity contribution in [3.05, 3.63) is 35.9 Å². The van der Waals surface area contributed by atoms with E-state index in [0.717, 1.165) is 0 Å². The van der Waals surface area contributed by atoms with Crippen molar-refractivity contribution in [3.8, 4) is 5.75 Å². The Morgan fingerprint density at radius 2 is 1.74 bits per heavy atom. The van der Waals surface area contributed by atoms with Crippen molar-refractivity contribution in [3.63, 3.8) is 0 Å². The molecule has 0 unspecified atom stereocenters. The average Bonchev–Trinajstić information content (AvgIpc) is 2.58. The highest BCUT2D eigenvalue weighted by Gasteiger charge is 2.17. The molecule has 0 aliphatic heterocycles. The smallest absolute Gasteiger partial charge is 0.338 e. The Hall–Kier alpha value is -2.05. The van der Waals surface area contributed by atoms with Crippen LogP contribution in [0.25, 0.3) is 5.76 Å². The number of hydrogen-bond donors (Lipinski definition) is 0. The Kier molecular flexibility index (Phi) is 8.15. The number of ether oxygens (including phenoxy) is 5. The molecule has 0 bridgehead atoms. The van der Waals surface area contributed by atoms with Gasteiger partial charge >= 0.3 is 5.97 Å². The van der Waals surface area contributed by atoms with Gasteiger partial charge in [0.25, 0.3) is 0 Å². The van der Waals surface area contributed by atoms with Crippen molar-refractivity contribution >= 4 is 11.7 Å². The number of esters is 1. The maximum atomic E-state index is 11.9. The predicted molar refractivity (Wildman–Crippen MR) is 86.4 cm³/mol. The van der Waals surface area contributed by atoms with E-state index in [1.54, 1.807) is 18.2 Å². The van der Waals surface area contributed by atoms with Crippen LogP contribution in [-0.2, 0) is 18.9 Å². The van der Waals surface area contributed by atoms with Crippen LogP contribution in [0.4, 0.5) is 0 Å². The first-order chi connectivity index (χ1) is 11.1. The van der Waals surface area contributed by atoms with E-state index >= 15 is 0 Å². The van der Waals surface area contributed by atoms with E-state index in [1.807, 2.05) is 13.8 Å². The van der Waals surface area contributed by atoms with Gasteiger partial charge in [0.05, 0.1) is 19.8 Å². The lowest BCUT2D eigenvalue weighted by atomic mass is 10.1. The van der Waals surface area contributed by atoms with E-state index in [9.17, 15) is 4.79 Å². The van der Waals surface area contributed by atoms with Crippen molar-refractivity contribution in [1.29, 1.82) is 0 Å². The molecule has 0 amide bonds. The van der Waals surface area contributed by atoms with Crippen LogP contribution in [0.1, 0.15) is 29.8 Å². The minimum atomic E-state index is -0.491. The predicted octanol–water partition coefficient (Wildman–Crippen LogP) is 2.87. The van der Waals surface area contributed by atoms with Crippen LogP contribution in [0, 0.1) is 0 Å². The first-order valence-corrected chi connectivity index (χ1v) is 7.38. The molecule has 0 aliphatic carbocycles. The third-order valence-corrected chi connectivity index (χ3v) is 3.03. The van der Waals surface area contributed by atoms with Gasteiger partial charge < -0.3 is 23.7 Å². The van der Waals surface area contributed by atoms with Gasteiger partial charge in [-0.15, -0.1) is 0 Å². The molecule has 0 radical (unpaired) electrons. The van der Waals surface area contributed by atoms with E-state index in [1.165, 1.54) is 14.2 Å². The zero-order valence-corrected chi connectivity index (χ0v) is 14.1. The quantitative estimate of drug-likeness (QED) is 0.375. The SMILES string of the molecule is C=C(OC)c1ccc(OCC(OCC)OCC)cc1C(=O)OC. The number of carbonyl (C=O) groups excluding carboxylic acids is 1. The molecule has 0 heterocycles. The van der Waals surface area contributed by atoms with Crippen molar-refractivity contribution < 1.29 is 28.5 Å². The van der Waals surface area contributed by atoms with Gasteiger partial charge in [-0.1, -0.05) is 6.58 Å². The molecule has 6 heteroatoms. The molecule has 0 fully saturated rings. The third-order valence-electron chi connectivity index (χ3n) is 3.03. The fourth-order valence-electron chi connectivity index (χ4n) is 1.93. The average molecular weight is 324 g/mol. The molecule has 1 rings (SSSR count). The van der Waals surface area contributed by atoms with E-state index in [4.69, 9.17) is 23.7 Å². The normalized spacial score (nSPS) is 10.5. The van der Waals surface area contributed by atoms with E-state index in [0.29, 0.717) is 35.8 Å². The number of methoxy groups -OCH3 is 2. The summed E-state index contributed by atoms with van der Waals surface area (Å²) in [6, 6.07) is 5.00. The van der Waals surface area contributed by atoms with Gasteiger partial charge in [-0.25, -0.2) is 4.79 Å². The molecule has 1 aromatic carbocycles. The fourth-order valence-corrected chi connectivity index (χ4v) is 1.93. The number of carbonyl (C=O) groups is 1. The summed E-state index contributed by atoms with van der Waals surface area (Å²) < 4.78 is 26.3. The zero-order valence-electron chi connectivity index (χ0n) is 14.1. The van der Waals surface area contributed by atoms with Crippen molar-refractivity contribution in [2.75, 3.05) is 34.0 Å². The molecule has 1 aromatic rings. The van der Waals surface area contributed by atoms with Crippen LogP contribution >= 0.6 is 0 Å². The second-order valence-electron chi connectivity index (χ2n) is 4.48. The summed E-state index contributed by atoms with van der Waals surface area (Å²) in [4.78, 5) is 11.9. The number of benzene rings is 1. The Balaban J connectivity index is 2.92. The Labute approximate surface area is 136 Å². The monoisotopic (exact) mass is 324 g/mol. The van der Waals surface area contributed by atoms with Gasteiger partial charge in [-0.05, 0) is 32.0 Å². The summed E-state index contributed by atoms with van der Waals surface area (Å²) in [6.45, 7) is 8.78. The van der Waals surface area contributed by atoms with Gasteiger partial charge in [0.15, 0.2) is 6.29 Å². The number of hydrogen-bond acceptors (Lipinski definition) is 6. The molecule has 0 saturated heterocycles. The second kappa shape index (κ2) is 9.86. The Bertz CT molecular complexity index is 520. The third kappa shape index (κ3) is 5.58. The summed E-state index contributed by atoms with van der Waals surface area (Å²) in [5.41, 5.74) is 0.874. The Morgan fingerprint density at radius 3 is 2.26 bits per heavy atom. The summed E-state index contributed by atoms with van der Waals surface area (Å²) >= 11 is 0. The second-order valence-corrected chi connectivity index (χ2v) is 4.48. The standard InChI is InChI=1S/C17H24O6/c1-6-21-16(22-7-2)11-23-13-8-9-14(12(3)19-4)15(10-13)17(18)20-5/h8-10,16H,3,6-7,11H2,1-2,4-5H3. The molecule has 0 aromatic heterocycles. The highest BCUT2D eigenvalue weighted by Crippen LogP contribution is 2.24. The Morgan fingerprint density at radius 1 is 1.09 bits per heavy atom. The lowest BCUT2D eigenvalue weighted by Crippen LogP contribution is -2.25. The van der Waals surface area contributed by atoms with Gasteiger partial charge in [-0.3, -0.25) is 0 Å². The zero-order chi connectivity index (χ0) is 17.2. The van der Waals surface area contributed by atoms with Gasteiger partial charge in [0, 0.05) is 18.8 Å². The summed E-state index contributed by atoms with van der Waals surface area (Å²) in [5.74, 6) is 0.385. The van der Waals surface area contributed by atoms with Crippen LogP contribution in [-0.4, -0.2) is 46.3 Å². The highest BCUT2D eigenvalue weighted by atomic mass is 16.7. The molecular weight excluding hydrogens is 300 g/mol. The summed E-state index contributed by atoms with van der Waals surface area (Å²) in [7, 11) is 2.80. The van der Waals surface area contributed by atoms with Crippen molar-refractivity contribution in [1.82, 2.24) is 0 Å². The lowest BCUT2D eigenvalue weighted by molar-refractivity contribution is -0.152. The van der Waals surface area contributed by atoms with Gasteiger partial charge in [0.1, 0.15) is 18.1 Å². The lowest BCUT2D eigenvalue weighted by Gasteiger charge is -2.18. The van der Waals surface area contributed by atoms with Crippen LogP contribution < -0.4 is 4.74 Å². The largest absolute Gasteiger partial charge is 0.497 e. The maximum absolute atomic E-state index is 11.9. The molecule has 0 N–H and O–H groups in total. The molecule has 23 heavy (non-hydrogen) atoms. The number of rotatable bonds is 10. The van der Waals surface area contributed by atoms with Crippen molar-refractivity contribution in [2.45, 2.75) is 20.1 Å². The fraction of sp³-hybridized carbons (Fsp3) is 0.471. The summed E-state index contributed by atoms with van der Waals surface area (Å²) in [5, 5.41) is 0. The maximum Gasteiger partial charge on any atom is 0.338 e. The first-order valence-electron chi connectivity index (χ1n) is 7.38. The summed E-state index contributed by atoms with van der Waals surface area (Å²) in [6.07, 6.45) is -0.458. The van der Waals surface area contributed by atoms with Crippen LogP contribution in [0.15, 0.2) is 24.8 Å². The van der Waals surface area contributed by atoms with Crippen LogP contribution in [0.2, 0.25) is 0 Å². The molecular formula is C17H24O6. The molecule has 0 atom stereocenters. The topological polar surface area (TPSA) is 63.2 Å². The van der Waals surface area contributed by atoms with Crippen molar-refractivity contribution in [2.24, 2.45) is 0 Å². The van der Waals surface area contributed by atoms with E-state index < -0.39 is 12.3 Å². The highest BCUT2D eigenvalue weighted by molar-refractivity contribution is 5.95. The van der Waals surface area contributed by atoms with Gasteiger partial charge in [-0.2, -0.15) is 0 Å².